The summed E-state index contributed by atoms with van der Waals surface area (Å²) in [6.07, 6.45) is 2.50. The number of hydrogen-bond donors (Lipinski definition) is 2. The molecule has 3 rings (SSSR count). The fourth-order valence-electron chi connectivity index (χ4n) is 3.42. The second kappa shape index (κ2) is 10.8. The molecule has 2 saturated heterocycles. The molecule has 1 aromatic rings. The summed E-state index contributed by atoms with van der Waals surface area (Å²) in [5.74, 6) is 0.792. The number of nitrogens with one attached hydrogen (secondary N) is 2. The topological polar surface area (TPSA) is 75.2 Å². The van der Waals surface area contributed by atoms with Gasteiger partial charge in [0.2, 0.25) is 0 Å². The summed E-state index contributed by atoms with van der Waals surface area (Å²) < 4.78 is 11.7. The molecule has 0 spiro atoms. The predicted octanol–water partition coefficient (Wildman–Crippen LogP) is 1.62. The number of morpholine rings is 1. The highest BCUT2D eigenvalue weighted by Gasteiger charge is 2.32. The van der Waals surface area contributed by atoms with E-state index in [0.717, 1.165) is 44.1 Å². The van der Waals surface area contributed by atoms with Gasteiger partial charge in [-0.2, -0.15) is 0 Å². The van der Waals surface area contributed by atoms with E-state index in [9.17, 15) is 4.79 Å². The minimum Gasteiger partial charge on any atom is -0.375 e. The molecule has 2 N–H and O–H groups in total. The molecule has 2 aliphatic heterocycles. The van der Waals surface area contributed by atoms with Gasteiger partial charge in [-0.3, -0.25) is 9.79 Å². The molecule has 8 heteroatoms. The first-order valence-electron chi connectivity index (χ1n) is 9.21. The first-order valence-corrected chi connectivity index (χ1v) is 9.21. The van der Waals surface area contributed by atoms with Gasteiger partial charge < -0.3 is 25.0 Å². The van der Waals surface area contributed by atoms with Crippen LogP contribution in [-0.2, 0) is 16.0 Å². The van der Waals surface area contributed by atoms with Gasteiger partial charge in [-0.05, 0) is 30.5 Å². The quantitative estimate of drug-likeness (QED) is 0.383. The van der Waals surface area contributed by atoms with Crippen LogP contribution in [0.25, 0.3) is 0 Å². The van der Waals surface area contributed by atoms with Gasteiger partial charge in [0.25, 0.3) is 5.91 Å². The largest absolute Gasteiger partial charge is 0.375 e. The van der Waals surface area contributed by atoms with Crippen molar-refractivity contribution in [2.24, 2.45) is 4.99 Å². The fraction of sp³-hybridized carbons (Fsp3) is 0.579. The van der Waals surface area contributed by atoms with Crippen LogP contribution in [0.3, 0.4) is 0 Å². The molecule has 150 valence electrons. The van der Waals surface area contributed by atoms with Crippen LogP contribution in [0.15, 0.2) is 29.3 Å². The molecule has 27 heavy (non-hydrogen) atoms. The van der Waals surface area contributed by atoms with Gasteiger partial charge in [0.1, 0.15) is 6.10 Å². The summed E-state index contributed by atoms with van der Waals surface area (Å²) in [7, 11) is 3.43. The van der Waals surface area contributed by atoms with E-state index in [4.69, 9.17) is 9.47 Å². The maximum atomic E-state index is 11.6. The van der Waals surface area contributed by atoms with Crippen molar-refractivity contribution in [1.29, 1.82) is 0 Å². The van der Waals surface area contributed by atoms with Crippen molar-refractivity contribution < 1.29 is 14.3 Å². The fourth-order valence-corrected chi connectivity index (χ4v) is 3.42. The van der Waals surface area contributed by atoms with E-state index in [-0.39, 0.29) is 42.1 Å². The molecule has 2 atom stereocenters. The molecule has 0 radical (unpaired) electrons. The lowest BCUT2D eigenvalue weighted by Gasteiger charge is -2.37. The normalized spacial score (nSPS) is 22.9. The van der Waals surface area contributed by atoms with Crippen molar-refractivity contribution in [2.45, 2.75) is 31.6 Å². The number of aliphatic imine (C=N–C) groups is 1. The molecule has 2 heterocycles. The molecule has 0 aliphatic carbocycles. The Morgan fingerprint density at radius 3 is 2.59 bits per heavy atom. The minimum absolute atomic E-state index is 0. The number of guanidine groups is 1. The van der Waals surface area contributed by atoms with E-state index in [1.54, 1.807) is 14.1 Å². The van der Waals surface area contributed by atoms with Crippen LogP contribution in [0.5, 0.6) is 0 Å². The molecule has 0 saturated carbocycles. The van der Waals surface area contributed by atoms with E-state index in [2.05, 4.69) is 20.5 Å². The molecule has 1 aromatic carbocycles. The van der Waals surface area contributed by atoms with Crippen molar-refractivity contribution >= 4 is 35.8 Å². The Balaban J connectivity index is 0.00000261. The molecule has 1 amide bonds. The van der Waals surface area contributed by atoms with Gasteiger partial charge in [0, 0.05) is 45.9 Å². The number of benzene rings is 1. The van der Waals surface area contributed by atoms with Gasteiger partial charge in [-0.1, -0.05) is 12.1 Å². The van der Waals surface area contributed by atoms with Crippen LogP contribution >= 0.6 is 24.0 Å². The lowest BCUT2D eigenvalue weighted by molar-refractivity contribution is -0.0817. The number of ether oxygens (including phenoxy) is 2. The van der Waals surface area contributed by atoms with Crippen LogP contribution in [-0.4, -0.2) is 69.4 Å². The monoisotopic (exact) mass is 488 g/mol. The number of halogens is 1. The van der Waals surface area contributed by atoms with Crippen LogP contribution in [0.1, 0.15) is 28.8 Å². The summed E-state index contributed by atoms with van der Waals surface area (Å²) in [4.78, 5) is 18.3. The predicted molar refractivity (Wildman–Crippen MR) is 116 cm³/mol. The van der Waals surface area contributed by atoms with E-state index >= 15 is 0 Å². The van der Waals surface area contributed by atoms with Gasteiger partial charge in [-0.15, -0.1) is 24.0 Å². The Kier molecular flexibility index (Phi) is 8.78. The first kappa shape index (κ1) is 21.9. The molecule has 2 unspecified atom stereocenters. The molecule has 7 nitrogen and oxygen atoms in total. The zero-order chi connectivity index (χ0) is 18.4. The summed E-state index contributed by atoms with van der Waals surface area (Å²) in [5.41, 5.74) is 1.76. The third kappa shape index (κ3) is 5.79. The number of rotatable bonds is 4. The van der Waals surface area contributed by atoms with Crippen molar-refractivity contribution in [3.05, 3.63) is 35.4 Å². The Bertz CT molecular complexity index is 632. The lowest BCUT2D eigenvalue weighted by atomic mass is 10.1. The van der Waals surface area contributed by atoms with Crippen molar-refractivity contribution in [3.8, 4) is 0 Å². The first-order chi connectivity index (χ1) is 12.7. The van der Waals surface area contributed by atoms with Gasteiger partial charge in [-0.25, -0.2) is 0 Å². The zero-order valence-electron chi connectivity index (χ0n) is 15.9. The number of amides is 1. The highest BCUT2D eigenvalue weighted by Crippen LogP contribution is 2.21. The van der Waals surface area contributed by atoms with Crippen molar-refractivity contribution in [3.63, 3.8) is 0 Å². The third-order valence-electron chi connectivity index (χ3n) is 4.88. The summed E-state index contributed by atoms with van der Waals surface area (Å²) in [6.45, 7) is 3.79. The van der Waals surface area contributed by atoms with Gasteiger partial charge in [0.05, 0.1) is 12.7 Å². The minimum atomic E-state index is -0.0752. The van der Waals surface area contributed by atoms with Crippen molar-refractivity contribution in [1.82, 2.24) is 15.5 Å². The average Bonchev–Trinajstić information content (AvgIpc) is 3.23. The lowest BCUT2D eigenvalue weighted by Crippen LogP contribution is -2.53. The van der Waals surface area contributed by atoms with E-state index in [1.807, 2.05) is 24.3 Å². The smallest absolute Gasteiger partial charge is 0.251 e. The number of nitrogens with zero attached hydrogens (tertiary/aromatic N) is 2. The second-order valence-corrected chi connectivity index (χ2v) is 6.58. The number of carbonyl (C=O) groups excluding carboxylic acids is 1. The van der Waals surface area contributed by atoms with E-state index < -0.39 is 0 Å². The van der Waals surface area contributed by atoms with Crippen LogP contribution in [0.2, 0.25) is 0 Å². The molecule has 0 aromatic heterocycles. The number of carbonyl (C=O) groups is 1. The molecule has 0 bridgehead atoms. The summed E-state index contributed by atoms with van der Waals surface area (Å²) in [6, 6.07) is 7.58. The van der Waals surface area contributed by atoms with Crippen LogP contribution < -0.4 is 10.6 Å². The van der Waals surface area contributed by atoms with E-state index in [1.165, 1.54) is 0 Å². The standard InChI is InChI=1S/C19H28N4O3.HI/c1-20-18(24)15-7-5-14(6-8-15)12-22-19(21-2)23-9-11-26-17(13-23)16-4-3-10-25-16;/h5-8,16-17H,3-4,9-13H2,1-2H3,(H,20,24)(H,21,22);1H. The third-order valence-corrected chi connectivity index (χ3v) is 4.88. The van der Waals surface area contributed by atoms with Crippen LogP contribution in [0.4, 0.5) is 0 Å². The summed E-state index contributed by atoms with van der Waals surface area (Å²) in [5, 5.41) is 6.04. The highest BCUT2D eigenvalue weighted by molar-refractivity contribution is 14.0. The zero-order valence-corrected chi connectivity index (χ0v) is 18.3. The maximum absolute atomic E-state index is 11.6. The SMILES string of the molecule is CN=C(NCc1ccc(C(=O)NC)cc1)N1CCOC(C2CCCO2)C1.I. The Labute approximate surface area is 177 Å². The maximum Gasteiger partial charge on any atom is 0.251 e. The van der Waals surface area contributed by atoms with E-state index in [0.29, 0.717) is 18.7 Å². The van der Waals surface area contributed by atoms with Gasteiger partial charge >= 0.3 is 0 Å². The average molecular weight is 488 g/mol. The molecular formula is C19H29IN4O3. The molecular weight excluding hydrogens is 459 g/mol. The second-order valence-electron chi connectivity index (χ2n) is 6.58. The van der Waals surface area contributed by atoms with Crippen LogP contribution in [0, 0.1) is 0 Å². The summed E-state index contributed by atoms with van der Waals surface area (Å²) >= 11 is 0. The Morgan fingerprint density at radius 1 is 1.22 bits per heavy atom. The molecule has 2 aliphatic rings. The Hall–Kier alpha value is -1.39. The van der Waals surface area contributed by atoms with Crippen molar-refractivity contribution in [2.75, 3.05) is 40.4 Å². The number of hydrogen-bond acceptors (Lipinski definition) is 4. The van der Waals surface area contributed by atoms with Gasteiger partial charge in [0.15, 0.2) is 5.96 Å². The molecule has 2 fully saturated rings. The Morgan fingerprint density at radius 2 is 1.96 bits per heavy atom. The highest BCUT2D eigenvalue weighted by atomic mass is 127.